The number of nitrogens with zero attached hydrogens (tertiary/aromatic N) is 3. The number of amides is 2. The van der Waals surface area contributed by atoms with E-state index in [0.29, 0.717) is 12.0 Å². The number of urea groups is 1. The van der Waals surface area contributed by atoms with Crippen LogP contribution in [0.5, 0.6) is 11.8 Å². The zero-order valence-corrected chi connectivity index (χ0v) is 18.6. The summed E-state index contributed by atoms with van der Waals surface area (Å²) in [5.41, 5.74) is 0.345. The van der Waals surface area contributed by atoms with Gasteiger partial charge in [-0.3, -0.25) is 5.32 Å². The van der Waals surface area contributed by atoms with Crippen LogP contribution in [0.15, 0.2) is 34.1 Å². The number of ether oxygens (including phenoxy) is 2. The fourth-order valence-corrected chi connectivity index (χ4v) is 6.48. The first kappa shape index (κ1) is 22.7. The number of carbonyl (C=O) groups excluding carboxylic acids is 1. The third kappa shape index (κ3) is 4.55. The van der Waals surface area contributed by atoms with Crippen LogP contribution in [0.2, 0.25) is 0 Å². The van der Waals surface area contributed by atoms with Crippen LogP contribution in [-0.2, 0) is 26.6 Å². The Balaban J connectivity index is 1.88. The first-order valence-electron chi connectivity index (χ1n) is 9.05. The molecule has 2 heterocycles. The molecule has 0 unspecified atom stereocenters. The molecular formula is C17H21N5O7S2. The van der Waals surface area contributed by atoms with Gasteiger partial charge >= 0.3 is 6.03 Å². The van der Waals surface area contributed by atoms with E-state index in [-0.39, 0.29) is 35.7 Å². The van der Waals surface area contributed by atoms with E-state index in [0.717, 1.165) is 6.07 Å². The number of anilines is 1. The predicted molar refractivity (Wildman–Crippen MR) is 109 cm³/mol. The summed E-state index contributed by atoms with van der Waals surface area (Å²) >= 11 is 0. The number of hydrogen-bond donors (Lipinski definition) is 2. The molecule has 0 spiro atoms. The zero-order chi connectivity index (χ0) is 22.8. The highest BCUT2D eigenvalue weighted by molar-refractivity contribution is 7.93. The Morgan fingerprint density at radius 3 is 2.42 bits per heavy atom. The van der Waals surface area contributed by atoms with E-state index in [2.05, 4.69) is 15.3 Å². The molecule has 1 aliphatic heterocycles. The van der Waals surface area contributed by atoms with Crippen molar-refractivity contribution in [2.75, 3.05) is 26.1 Å². The number of fused-ring (bicyclic) bond motifs is 1. The van der Waals surface area contributed by atoms with E-state index in [4.69, 9.17) is 9.47 Å². The Morgan fingerprint density at radius 1 is 1.19 bits per heavy atom. The standard InChI is InChI=1S/C17H21N5O7S2/c1-4-8-22-10-11-6-5-7-12(15(11)31(22,26)27)30(24,25)21-17(23)20-16-18-13(28-2)9-14(19-16)29-3/h5-7,9H,4,8,10H2,1-3H3,(H2,18,19,20,21,23). The maximum atomic E-state index is 12.8. The minimum atomic E-state index is -4.53. The van der Waals surface area contributed by atoms with Crippen LogP contribution in [0.25, 0.3) is 0 Å². The minimum absolute atomic E-state index is 0.0680. The van der Waals surface area contributed by atoms with Gasteiger partial charge in [0.15, 0.2) is 0 Å². The molecular weight excluding hydrogens is 450 g/mol. The third-order valence-electron chi connectivity index (χ3n) is 4.32. The summed E-state index contributed by atoms with van der Waals surface area (Å²) in [6.07, 6.45) is 0.569. The highest BCUT2D eigenvalue weighted by Gasteiger charge is 2.39. The van der Waals surface area contributed by atoms with E-state index < -0.39 is 31.0 Å². The maximum Gasteiger partial charge on any atom is 0.335 e. The van der Waals surface area contributed by atoms with Crippen LogP contribution in [-0.4, -0.2) is 57.9 Å². The first-order chi connectivity index (χ1) is 14.6. The Morgan fingerprint density at radius 2 is 1.84 bits per heavy atom. The summed E-state index contributed by atoms with van der Waals surface area (Å²) < 4.78 is 64.3. The van der Waals surface area contributed by atoms with Crippen molar-refractivity contribution in [1.29, 1.82) is 0 Å². The number of rotatable bonds is 7. The number of methoxy groups -OCH3 is 2. The average Bonchev–Trinajstić information content (AvgIpc) is 2.97. The molecule has 168 valence electrons. The molecule has 0 saturated carbocycles. The van der Waals surface area contributed by atoms with Crippen LogP contribution in [0.4, 0.5) is 10.7 Å². The summed E-state index contributed by atoms with van der Waals surface area (Å²) in [6.45, 7) is 2.13. The van der Waals surface area contributed by atoms with Gasteiger partial charge in [0.2, 0.25) is 27.7 Å². The molecule has 14 heteroatoms. The van der Waals surface area contributed by atoms with Crippen LogP contribution in [0.1, 0.15) is 18.9 Å². The number of benzene rings is 1. The van der Waals surface area contributed by atoms with Gasteiger partial charge in [0.05, 0.1) is 20.3 Å². The van der Waals surface area contributed by atoms with E-state index in [9.17, 15) is 21.6 Å². The lowest BCUT2D eigenvalue weighted by Gasteiger charge is -2.14. The topological polar surface area (TPSA) is 157 Å². The molecule has 12 nitrogen and oxygen atoms in total. The second-order valence-corrected chi connectivity index (χ2v) is 9.94. The fraction of sp³-hybridized carbons (Fsp3) is 0.353. The molecule has 1 aliphatic rings. The predicted octanol–water partition coefficient (Wildman–Crippen LogP) is 0.919. The summed E-state index contributed by atoms with van der Waals surface area (Å²) in [5.74, 6) is -0.120. The molecule has 2 amide bonds. The number of sulfonamides is 2. The molecule has 1 aromatic carbocycles. The first-order valence-corrected chi connectivity index (χ1v) is 12.0. The van der Waals surface area contributed by atoms with Crippen LogP contribution in [0.3, 0.4) is 0 Å². The van der Waals surface area contributed by atoms with E-state index in [1.165, 1.54) is 36.7 Å². The van der Waals surface area contributed by atoms with Crippen LogP contribution < -0.4 is 19.5 Å². The quantitative estimate of drug-likeness (QED) is 0.599. The van der Waals surface area contributed by atoms with Gasteiger partial charge in [-0.1, -0.05) is 19.1 Å². The van der Waals surface area contributed by atoms with Gasteiger partial charge in [0, 0.05) is 13.1 Å². The molecule has 31 heavy (non-hydrogen) atoms. The van der Waals surface area contributed by atoms with Crippen molar-refractivity contribution in [2.45, 2.75) is 29.7 Å². The Kier molecular flexibility index (Phi) is 6.33. The highest BCUT2D eigenvalue weighted by Crippen LogP contribution is 2.35. The zero-order valence-electron chi connectivity index (χ0n) is 16.9. The molecule has 3 rings (SSSR count). The molecule has 2 N–H and O–H groups in total. The lowest BCUT2D eigenvalue weighted by atomic mass is 10.2. The minimum Gasteiger partial charge on any atom is -0.481 e. The monoisotopic (exact) mass is 471 g/mol. The largest absolute Gasteiger partial charge is 0.481 e. The van der Waals surface area contributed by atoms with E-state index in [1.54, 1.807) is 4.72 Å². The summed E-state index contributed by atoms with van der Waals surface area (Å²) in [7, 11) is -5.86. The molecule has 0 aliphatic carbocycles. The van der Waals surface area contributed by atoms with Gasteiger partial charge in [-0.05, 0) is 18.1 Å². The Bertz CT molecular complexity index is 1190. The molecule has 0 fully saturated rings. The van der Waals surface area contributed by atoms with Crippen molar-refractivity contribution in [3.8, 4) is 11.8 Å². The van der Waals surface area contributed by atoms with Gasteiger partial charge in [0.25, 0.3) is 10.0 Å². The summed E-state index contributed by atoms with van der Waals surface area (Å²) in [6, 6.07) is 4.27. The molecule has 1 aromatic heterocycles. The van der Waals surface area contributed by atoms with E-state index >= 15 is 0 Å². The third-order valence-corrected chi connectivity index (χ3v) is 7.81. The lowest BCUT2D eigenvalue weighted by molar-refractivity contribution is 0.256. The summed E-state index contributed by atoms with van der Waals surface area (Å²) in [4.78, 5) is 19.2. The Labute approximate surface area is 179 Å². The number of carbonyl (C=O) groups is 1. The number of nitrogens with one attached hydrogen (secondary N) is 2. The van der Waals surface area contributed by atoms with Crippen molar-refractivity contribution in [3.63, 3.8) is 0 Å². The van der Waals surface area contributed by atoms with E-state index in [1.807, 2.05) is 6.92 Å². The van der Waals surface area contributed by atoms with Crippen molar-refractivity contribution in [3.05, 3.63) is 29.8 Å². The average molecular weight is 472 g/mol. The summed E-state index contributed by atoms with van der Waals surface area (Å²) in [5, 5.41) is 2.16. The Hall–Kier alpha value is -2.97. The van der Waals surface area contributed by atoms with Gasteiger partial charge < -0.3 is 9.47 Å². The van der Waals surface area contributed by atoms with Crippen molar-refractivity contribution in [2.24, 2.45) is 0 Å². The highest BCUT2D eigenvalue weighted by atomic mass is 32.2. The number of aromatic nitrogens is 2. The lowest BCUT2D eigenvalue weighted by Crippen LogP contribution is -2.35. The molecule has 0 radical (unpaired) electrons. The van der Waals surface area contributed by atoms with Gasteiger partial charge in [-0.2, -0.15) is 14.3 Å². The normalized spacial score (nSPS) is 15.2. The molecule has 0 atom stereocenters. The molecule has 0 saturated heterocycles. The van der Waals surface area contributed by atoms with Gasteiger partial charge in [0.1, 0.15) is 9.79 Å². The number of hydrogen-bond acceptors (Lipinski definition) is 9. The van der Waals surface area contributed by atoms with Gasteiger partial charge in [-0.25, -0.2) is 26.4 Å². The second kappa shape index (κ2) is 8.64. The van der Waals surface area contributed by atoms with Crippen molar-refractivity contribution >= 4 is 32.0 Å². The molecule has 0 bridgehead atoms. The fourth-order valence-electron chi connectivity index (χ4n) is 3.02. The van der Waals surface area contributed by atoms with Gasteiger partial charge in [-0.15, -0.1) is 0 Å². The van der Waals surface area contributed by atoms with Crippen LogP contribution >= 0.6 is 0 Å². The second-order valence-electron chi connectivity index (χ2n) is 6.42. The van der Waals surface area contributed by atoms with Crippen LogP contribution in [0, 0.1) is 0 Å². The SMILES string of the molecule is CCCN1Cc2cccc(S(=O)(=O)NC(=O)Nc3nc(OC)cc(OC)n3)c2S1(=O)=O. The maximum absolute atomic E-state index is 12.8. The molecule has 2 aromatic rings. The van der Waals surface area contributed by atoms with Crippen molar-refractivity contribution in [1.82, 2.24) is 19.0 Å². The van der Waals surface area contributed by atoms with Crippen molar-refractivity contribution < 1.29 is 31.1 Å². The smallest absolute Gasteiger partial charge is 0.335 e.